The van der Waals surface area contributed by atoms with Crippen molar-refractivity contribution in [3.63, 3.8) is 0 Å². The smallest absolute Gasteiger partial charge is 0.242 e. The Hall–Kier alpha value is -2.62. The molecule has 0 spiro atoms. The minimum Gasteiger partial charge on any atom is -0.351 e. The summed E-state index contributed by atoms with van der Waals surface area (Å²) in [7, 11) is 0. The number of rotatable bonds is 4. The third-order valence-corrected chi connectivity index (χ3v) is 5.02. The maximum atomic E-state index is 13.0. The number of amides is 2. The van der Waals surface area contributed by atoms with E-state index in [0.29, 0.717) is 25.9 Å². The van der Waals surface area contributed by atoms with Gasteiger partial charge in [-0.05, 0) is 36.5 Å². The van der Waals surface area contributed by atoms with E-state index < -0.39 is 5.41 Å². The van der Waals surface area contributed by atoms with Gasteiger partial charge in [0.2, 0.25) is 11.8 Å². The van der Waals surface area contributed by atoms with Gasteiger partial charge in [0.15, 0.2) is 0 Å². The Labute approximate surface area is 141 Å². The molecule has 4 nitrogen and oxygen atoms in total. The molecule has 2 aliphatic rings. The standard InChI is InChI=1S/C20H20N2O2/c23-18(21-14-15-6-2-1-3-7-15)20(11-12-20)19(24)22-13-10-16-8-4-5-9-17(16)22/h1-9H,10-14H2,(H,21,23). The van der Waals surface area contributed by atoms with Crippen LogP contribution in [0.5, 0.6) is 0 Å². The van der Waals surface area contributed by atoms with Crippen LogP contribution in [0.1, 0.15) is 24.0 Å². The zero-order valence-electron chi connectivity index (χ0n) is 13.5. The molecule has 122 valence electrons. The molecular formula is C20H20N2O2. The van der Waals surface area contributed by atoms with Gasteiger partial charge in [0.25, 0.3) is 0 Å². The Morgan fingerprint density at radius 1 is 1.00 bits per heavy atom. The number of hydrogen-bond acceptors (Lipinski definition) is 2. The fourth-order valence-electron chi connectivity index (χ4n) is 3.42. The second-order valence-corrected chi connectivity index (χ2v) is 6.59. The first-order valence-electron chi connectivity index (χ1n) is 8.43. The third kappa shape index (κ3) is 2.48. The Morgan fingerprint density at radius 3 is 2.46 bits per heavy atom. The highest BCUT2D eigenvalue weighted by Crippen LogP contribution is 2.49. The molecule has 1 fully saturated rings. The molecule has 4 rings (SSSR count). The Bertz CT molecular complexity index is 781. The first-order chi connectivity index (χ1) is 11.7. The summed E-state index contributed by atoms with van der Waals surface area (Å²) in [5, 5.41) is 2.94. The second-order valence-electron chi connectivity index (χ2n) is 6.59. The van der Waals surface area contributed by atoms with Crippen molar-refractivity contribution in [3.8, 4) is 0 Å². The molecule has 0 saturated heterocycles. The number of fused-ring (bicyclic) bond motifs is 1. The Balaban J connectivity index is 1.47. The first-order valence-corrected chi connectivity index (χ1v) is 8.43. The number of benzene rings is 2. The van der Waals surface area contributed by atoms with Gasteiger partial charge in [-0.15, -0.1) is 0 Å². The van der Waals surface area contributed by atoms with Crippen molar-refractivity contribution in [1.29, 1.82) is 0 Å². The van der Waals surface area contributed by atoms with Crippen LogP contribution >= 0.6 is 0 Å². The highest BCUT2D eigenvalue weighted by Gasteiger charge is 2.58. The summed E-state index contributed by atoms with van der Waals surface area (Å²) < 4.78 is 0. The average Bonchev–Trinajstić information content (AvgIpc) is 3.33. The highest BCUT2D eigenvalue weighted by molar-refractivity contribution is 6.14. The van der Waals surface area contributed by atoms with Crippen LogP contribution in [0.25, 0.3) is 0 Å². The van der Waals surface area contributed by atoms with Gasteiger partial charge in [0.05, 0.1) is 0 Å². The zero-order chi connectivity index (χ0) is 16.6. The van der Waals surface area contributed by atoms with E-state index in [4.69, 9.17) is 0 Å². The van der Waals surface area contributed by atoms with Gasteiger partial charge < -0.3 is 10.2 Å². The molecule has 2 aromatic rings. The van der Waals surface area contributed by atoms with E-state index in [1.54, 1.807) is 4.90 Å². The van der Waals surface area contributed by atoms with Gasteiger partial charge in [-0.25, -0.2) is 0 Å². The number of nitrogens with one attached hydrogen (secondary N) is 1. The van der Waals surface area contributed by atoms with E-state index in [2.05, 4.69) is 11.4 Å². The molecular weight excluding hydrogens is 300 g/mol. The lowest BCUT2D eigenvalue weighted by Crippen LogP contribution is -2.44. The maximum Gasteiger partial charge on any atom is 0.242 e. The van der Waals surface area contributed by atoms with Crippen LogP contribution < -0.4 is 10.2 Å². The monoisotopic (exact) mass is 320 g/mol. The summed E-state index contributed by atoms with van der Waals surface area (Å²) in [6, 6.07) is 17.7. The number of carbonyl (C=O) groups excluding carboxylic acids is 2. The number of carbonyl (C=O) groups is 2. The molecule has 0 radical (unpaired) electrons. The van der Waals surface area contributed by atoms with Gasteiger partial charge >= 0.3 is 0 Å². The van der Waals surface area contributed by atoms with E-state index in [0.717, 1.165) is 17.7 Å². The molecule has 2 amide bonds. The van der Waals surface area contributed by atoms with E-state index in [-0.39, 0.29) is 11.8 Å². The second kappa shape index (κ2) is 5.78. The molecule has 0 atom stereocenters. The SMILES string of the molecule is O=C(NCc1ccccc1)C1(C(=O)N2CCc3ccccc32)CC1. The van der Waals surface area contributed by atoms with Crippen molar-refractivity contribution in [3.05, 3.63) is 65.7 Å². The van der Waals surface area contributed by atoms with Gasteiger partial charge in [-0.2, -0.15) is 0 Å². The summed E-state index contributed by atoms with van der Waals surface area (Å²) in [5.41, 5.74) is 2.34. The van der Waals surface area contributed by atoms with Crippen molar-refractivity contribution in [2.45, 2.75) is 25.8 Å². The topological polar surface area (TPSA) is 49.4 Å². The van der Waals surface area contributed by atoms with Crippen LogP contribution in [0, 0.1) is 5.41 Å². The number of anilines is 1. The lowest BCUT2D eigenvalue weighted by atomic mass is 10.0. The van der Waals surface area contributed by atoms with Crippen molar-refractivity contribution < 1.29 is 9.59 Å². The van der Waals surface area contributed by atoms with Crippen LogP contribution in [0.2, 0.25) is 0 Å². The fourth-order valence-corrected chi connectivity index (χ4v) is 3.42. The van der Waals surface area contributed by atoms with E-state index >= 15 is 0 Å². The lowest BCUT2D eigenvalue weighted by molar-refractivity contribution is -0.135. The van der Waals surface area contributed by atoms with E-state index in [1.165, 1.54) is 5.56 Å². The summed E-state index contributed by atoms with van der Waals surface area (Å²) in [6.45, 7) is 1.14. The van der Waals surface area contributed by atoms with Crippen LogP contribution in [-0.2, 0) is 22.6 Å². The van der Waals surface area contributed by atoms with Gasteiger partial charge in [0.1, 0.15) is 5.41 Å². The summed E-state index contributed by atoms with van der Waals surface area (Å²) in [6.07, 6.45) is 2.15. The van der Waals surface area contributed by atoms with Crippen molar-refractivity contribution in [1.82, 2.24) is 5.32 Å². The zero-order valence-corrected chi connectivity index (χ0v) is 13.5. The number of para-hydroxylation sites is 1. The molecule has 0 aromatic heterocycles. The van der Waals surface area contributed by atoms with Gasteiger partial charge in [0, 0.05) is 18.8 Å². The number of nitrogens with zero attached hydrogens (tertiary/aromatic N) is 1. The van der Waals surface area contributed by atoms with Gasteiger partial charge in [-0.3, -0.25) is 9.59 Å². The average molecular weight is 320 g/mol. The predicted octanol–water partition coefficient (Wildman–Crippen LogP) is 2.67. The van der Waals surface area contributed by atoms with Crippen LogP contribution in [0.15, 0.2) is 54.6 Å². The largest absolute Gasteiger partial charge is 0.351 e. The Morgan fingerprint density at radius 2 is 1.71 bits per heavy atom. The van der Waals surface area contributed by atoms with Crippen LogP contribution in [0.4, 0.5) is 5.69 Å². The highest BCUT2D eigenvalue weighted by atomic mass is 16.2. The van der Waals surface area contributed by atoms with Crippen molar-refractivity contribution in [2.24, 2.45) is 5.41 Å². The molecule has 1 aliphatic heterocycles. The van der Waals surface area contributed by atoms with E-state index in [9.17, 15) is 9.59 Å². The Kier molecular flexibility index (Phi) is 3.60. The molecule has 1 N–H and O–H groups in total. The molecule has 1 heterocycles. The van der Waals surface area contributed by atoms with Gasteiger partial charge in [-0.1, -0.05) is 48.5 Å². The predicted molar refractivity (Wildman–Crippen MR) is 92.5 cm³/mol. The normalized spacial score (nSPS) is 17.2. The minimum absolute atomic E-state index is 0.0435. The summed E-state index contributed by atoms with van der Waals surface area (Å²) >= 11 is 0. The lowest BCUT2D eigenvalue weighted by Gasteiger charge is -2.23. The van der Waals surface area contributed by atoms with Crippen molar-refractivity contribution in [2.75, 3.05) is 11.4 Å². The molecule has 4 heteroatoms. The van der Waals surface area contributed by atoms with Crippen molar-refractivity contribution >= 4 is 17.5 Å². The van der Waals surface area contributed by atoms with Crippen LogP contribution in [-0.4, -0.2) is 18.4 Å². The fraction of sp³-hybridized carbons (Fsp3) is 0.300. The minimum atomic E-state index is -0.855. The number of hydrogen-bond donors (Lipinski definition) is 1. The molecule has 2 aromatic carbocycles. The third-order valence-electron chi connectivity index (χ3n) is 5.02. The van der Waals surface area contributed by atoms with E-state index in [1.807, 2.05) is 48.5 Å². The molecule has 24 heavy (non-hydrogen) atoms. The quantitative estimate of drug-likeness (QED) is 0.881. The van der Waals surface area contributed by atoms with Crippen LogP contribution in [0.3, 0.4) is 0 Å². The molecule has 1 saturated carbocycles. The maximum absolute atomic E-state index is 13.0. The summed E-state index contributed by atoms with van der Waals surface area (Å²) in [4.78, 5) is 27.5. The molecule has 0 bridgehead atoms. The molecule has 1 aliphatic carbocycles. The molecule has 0 unspecified atom stereocenters. The first kappa shape index (κ1) is 14.9. The summed E-state index contributed by atoms with van der Waals surface area (Å²) in [5.74, 6) is -0.182.